The minimum absolute atomic E-state index is 1.12. The van der Waals surface area contributed by atoms with Gasteiger partial charge in [0.25, 0.3) is 0 Å². The van der Waals surface area contributed by atoms with Gasteiger partial charge in [-0.25, -0.2) is 0 Å². The van der Waals surface area contributed by atoms with Gasteiger partial charge in [0.05, 0.1) is 0 Å². The van der Waals surface area contributed by atoms with Crippen LogP contribution in [0, 0.1) is 0 Å². The largest absolute Gasteiger partial charge is 0.310 e. The highest BCUT2D eigenvalue weighted by Gasteiger charge is 2.17. The molecule has 0 aromatic heterocycles. The van der Waals surface area contributed by atoms with E-state index in [1.807, 2.05) is 0 Å². The standard InChI is InChI=1S/C54H35N/c1-2-14-39(15-3-1)51-35-53-47-19-9-8-18-46(47)52-34-42(26-31-50(52)54(53)49-21-11-10-20-48(49)51)38-22-27-43(28-23-38)55(44-29-24-36-12-4-6-16-40(36)32-44)45-30-25-37-13-5-7-17-41(37)33-45/h1-35H. The molecule has 0 saturated carbocycles. The second-order valence-corrected chi connectivity index (χ2v) is 14.5. The third kappa shape index (κ3) is 5.24. The summed E-state index contributed by atoms with van der Waals surface area (Å²) in [6, 6.07) is 77.8. The summed E-state index contributed by atoms with van der Waals surface area (Å²) >= 11 is 0. The van der Waals surface area contributed by atoms with Crippen molar-refractivity contribution in [2.24, 2.45) is 0 Å². The number of anilines is 3. The number of benzene rings is 11. The molecular weight excluding hydrogens is 663 g/mol. The first-order valence-corrected chi connectivity index (χ1v) is 19.0. The van der Waals surface area contributed by atoms with E-state index >= 15 is 0 Å². The summed E-state index contributed by atoms with van der Waals surface area (Å²) in [4.78, 5) is 2.37. The van der Waals surface area contributed by atoms with Crippen LogP contribution in [0.15, 0.2) is 212 Å². The van der Waals surface area contributed by atoms with Crippen molar-refractivity contribution in [1.82, 2.24) is 0 Å². The van der Waals surface area contributed by atoms with E-state index < -0.39 is 0 Å². The number of nitrogens with zero attached hydrogens (tertiary/aromatic N) is 1. The lowest BCUT2D eigenvalue weighted by Gasteiger charge is -2.26. The monoisotopic (exact) mass is 697 g/mol. The first-order chi connectivity index (χ1) is 27.3. The molecular formula is C54H35N. The first kappa shape index (κ1) is 31.3. The molecule has 11 rings (SSSR count). The van der Waals surface area contributed by atoms with Crippen LogP contribution < -0.4 is 4.90 Å². The van der Waals surface area contributed by atoms with Crippen molar-refractivity contribution >= 4 is 81.7 Å². The third-order valence-electron chi connectivity index (χ3n) is 11.4. The molecule has 0 heterocycles. The average Bonchev–Trinajstić information content (AvgIpc) is 3.26. The maximum absolute atomic E-state index is 2.41. The van der Waals surface area contributed by atoms with Crippen LogP contribution in [-0.4, -0.2) is 0 Å². The van der Waals surface area contributed by atoms with Crippen molar-refractivity contribution in [3.63, 3.8) is 0 Å². The van der Waals surface area contributed by atoms with Crippen molar-refractivity contribution < 1.29 is 0 Å². The van der Waals surface area contributed by atoms with Crippen molar-refractivity contribution in [2.45, 2.75) is 0 Å². The molecule has 0 radical (unpaired) electrons. The van der Waals surface area contributed by atoms with Gasteiger partial charge < -0.3 is 4.90 Å². The van der Waals surface area contributed by atoms with Crippen molar-refractivity contribution in [3.8, 4) is 22.3 Å². The molecule has 0 fully saturated rings. The number of fused-ring (bicyclic) bond motifs is 10. The topological polar surface area (TPSA) is 3.24 Å². The Balaban J connectivity index is 1.07. The molecule has 256 valence electrons. The molecule has 0 N–H and O–H groups in total. The van der Waals surface area contributed by atoms with E-state index in [1.54, 1.807) is 0 Å². The molecule has 0 atom stereocenters. The average molecular weight is 698 g/mol. The molecule has 0 saturated heterocycles. The zero-order valence-corrected chi connectivity index (χ0v) is 30.2. The van der Waals surface area contributed by atoms with Gasteiger partial charge >= 0.3 is 0 Å². The highest BCUT2D eigenvalue weighted by Crippen LogP contribution is 2.44. The maximum atomic E-state index is 2.41. The van der Waals surface area contributed by atoms with Gasteiger partial charge in [0, 0.05) is 17.1 Å². The molecule has 0 amide bonds. The fourth-order valence-electron chi connectivity index (χ4n) is 8.73. The predicted octanol–water partition coefficient (Wildman–Crippen LogP) is 15.4. The Morgan fingerprint density at radius 2 is 0.727 bits per heavy atom. The second kappa shape index (κ2) is 12.7. The van der Waals surface area contributed by atoms with Crippen LogP contribution in [0.2, 0.25) is 0 Å². The zero-order valence-electron chi connectivity index (χ0n) is 30.2. The quantitative estimate of drug-likeness (QED) is 0.162. The second-order valence-electron chi connectivity index (χ2n) is 14.5. The minimum atomic E-state index is 1.12. The molecule has 11 aromatic rings. The zero-order chi connectivity index (χ0) is 36.3. The van der Waals surface area contributed by atoms with Gasteiger partial charge in [0.1, 0.15) is 0 Å². The van der Waals surface area contributed by atoms with Crippen LogP contribution in [0.5, 0.6) is 0 Å². The fraction of sp³-hybridized carbons (Fsp3) is 0. The lowest BCUT2D eigenvalue weighted by Crippen LogP contribution is -2.09. The summed E-state index contributed by atoms with van der Waals surface area (Å²) in [5, 5.41) is 15.2. The van der Waals surface area contributed by atoms with E-state index in [-0.39, 0.29) is 0 Å². The summed E-state index contributed by atoms with van der Waals surface area (Å²) in [6.07, 6.45) is 0. The van der Waals surface area contributed by atoms with Crippen LogP contribution >= 0.6 is 0 Å². The van der Waals surface area contributed by atoms with Gasteiger partial charge in [-0.3, -0.25) is 0 Å². The van der Waals surface area contributed by atoms with Gasteiger partial charge in [-0.05, 0) is 135 Å². The summed E-state index contributed by atoms with van der Waals surface area (Å²) in [5.41, 5.74) is 8.29. The molecule has 0 aliphatic heterocycles. The van der Waals surface area contributed by atoms with Gasteiger partial charge in [-0.15, -0.1) is 0 Å². The SMILES string of the molecule is c1ccc(-c2cc3c4ccccc4c4cc(-c5ccc(N(c6ccc7ccccc7c6)c6ccc7ccccc7c6)cc5)ccc4c3c3ccccc23)cc1. The van der Waals surface area contributed by atoms with Crippen LogP contribution in [0.1, 0.15) is 0 Å². The van der Waals surface area contributed by atoms with Gasteiger partial charge in [-0.1, -0.05) is 164 Å². The number of rotatable bonds is 5. The number of hydrogen-bond acceptors (Lipinski definition) is 1. The molecule has 0 unspecified atom stereocenters. The predicted molar refractivity (Wildman–Crippen MR) is 237 cm³/mol. The van der Waals surface area contributed by atoms with Crippen LogP contribution in [0.25, 0.3) is 86.9 Å². The summed E-state index contributed by atoms with van der Waals surface area (Å²) in [5.74, 6) is 0. The summed E-state index contributed by atoms with van der Waals surface area (Å²) in [6.45, 7) is 0. The lowest BCUT2D eigenvalue weighted by molar-refractivity contribution is 1.29. The molecule has 55 heavy (non-hydrogen) atoms. The van der Waals surface area contributed by atoms with E-state index in [2.05, 4.69) is 217 Å². The summed E-state index contributed by atoms with van der Waals surface area (Å²) < 4.78 is 0. The smallest absolute Gasteiger partial charge is 0.0468 e. The van der Waals surface area contributed by atoms with Crippen LogP contribution in [-0.2, 0) is 0 Å². The number of hydrogen-bond donors (Lipinski definition) is 0. The Morgan fingerprint density at radius 3 is 1.38 bits per heavy atom. The molecule has 11 aromatic carbocycles. The van der Waals surface area contributed by atoms with Gasteiger partial charge in [-0.2, -0.15) is 0 Å². The third-order valence-corrected chi connectivity index (χ3v) is 11.4. The molecule has 0 aliphatic rings. The van der Waals surface area contributed by atoms with Crippen molar-refractivity contribution in [1.29, 1.82) is 0 Å². The minimum Gasteiger partial charge on any atom is -0.310 e. The van der Waals surface area contributed by atoms with Crippen LogP contribution in [0.4, 0.5) is 17.1 Å². The molecule has 0 bridgehead atoms. The van der Waals surface area contributed by atoms with E-state index in [0.717, 1.165) is 17.1 Å². The Hall–Kier alpha value is -7.22. The highest BCUT2D eigenvalue weighted by molar-refractivity contribution is 6.33. The Kier molecular flexibility index (Phi) is 7.25. The lowest BCUT2D eigenvalue weighted by atomic mass is 9.86. The normalized spacial score (nSPS) is 11.6. The van der Waals surface area contributed by atoms with E-state index in [4.69, 9.17) is 0 Å². The summed E-state index contributed by atoms with van der Waals surface area (Å²) in [7, 11) is 0. The van der Waals surface area contributed by atoms with Gasteiger partial charge in [0.15, 0.2) is 0 Å². The van der Waals surface area contributed by atoms with E-state index in [9.17, 15) is 0 Å². The van der Waals surface area contributed by atoms with Crippen molar-refractivity contribution in [3.05, 3.63) is 212 Å². The Labute approximate surface area is 320 Å². The molecule has 1 heteroatoms. The molecule has 1 nitrogen and oxygen atoms in total. The first-order valence-electron chi connectivity index (χ1n) is 19.0. The van der Waals surface area contributed by atoms with E-state index in [1.165, 1.54) is 86.9 Å². The Morgan fingerprint density at radius 1 is 0.236 bits per heavy atom. The van der Waals surface area contributed by atoms with Crippen molar-refractivity contribution in [2.75, 3.05) is 4.90 Å². The maximum Gasteiger partial charge on any atom is 0.0468 e. The van der Waals surface area contributed by atoms with Gasteiger partial charge in [0.2, 0.25) is 0 Å². The molecule has 0 spiro atoms. The van der Waals surface area contributed by atoms with E-state index in [0.29, 0.717) is 0 Å². The Bertz CT molecular complexity index is 3170. The molecule has 0 aliphatic carbocycles. The fourth-order valence-corrected chi connectivity index (χ4v) is 8.73. The highest BCUT2D eigenvalue weighted by atomic mass is 15.1. The van der Waals surface area contributed by atoms with Crippen LogP contribution in [0.3, 0.4) is 0 Å².